The summed E-state index contributed by atoms with van der Waals surface area (Å²) < 4.78 is 6.86. The van der Waals surface area contributed by atoms with Gasteiger partial charge in [-0.05, 0) is 36.2 Å². The van der Waals surface area contributed by atoms with Gasteiger partial charge in [0.25, 0.3) is 0 Å². The summed E-state index contributed by atoms with van der Waals surface area (Å²) in [5.41, 5.74) is 2.66. The van der Waals surface area contributed by atoms with Crippen LogP contribution in [0.3, 0.4) is 0 Å². The van der Waals surface area contributed by atoms with Gasteiger partial charge in [-0.3, -0.25) is 0 Å². The van der Waals surface area contributed by atoms with Crippen LogP contribution in [0, 0.1) is 0 Å². The third-order valence-electron chi connectivity index (χ3n) is 2.77. The Morgan fingerprint density at radius 2 is 2.25 bits per heavy atom. The van der Waals surface area contributed by atoms with Gasteiger partial charge >= 0.3 is 0 Å². The first-order chi connectivity index (χ1) is 7.66. The first-order valence-corrected chi connectivity index (χ1v) is 6.63. The molecule has 0 saturated heterocycles. The minimum Gasteiger partial charge on any atom is -0.493 e. The van der Waals surface area contributed by atoms with Gasteiger partial charge < -0.3 is 10.1 Å². The van der Waals surface area contributed by atoms with Crippen molar-refractivity contribution in [2.24, 2.45) is 0 Å². The molecule has 16 heavy (non-hydrogen) atoms. The molecule has 1 aliphatic rings. The van der Waals surface area contributed by atoms with Crippen LogP contribution >= 0.6 is 15.9 Å². The number of fused-ring (bicyclic) bond motifs is 1. The van der Waals surface area contributed by atoms with Gasteiger partial charge in [0, 0.05) is 16.9 Å². The summed E-state index contributed by atoms with van der Waals surface area (Å²) in [5, 5.41) is 3.43. The molecule has 88 valence electrons. The molecule has 1 aromatic rings. The molecule has 1 aliphatic heterocycles. The van der Waals surface area contributed by atoms with Gasteiger partial charge in [-0.25, -0.2) is 0 Å². The molecule has 2 rings (SSSR count). The highest BCUT2D eigenvalue weighted by Crippen LogP contribution is 2.33. The molecule has 0 fully saturated rings. The predicted octanol–water partition coefficient (Wildman–Crippen LogP) is 2.92. The number of hydrogen-bond acceptors (Lipinski definition) is 2. The Labute approximate surface area is 106 Å². The molecule has 0 spiro atoms. The second kappa shape index (κ2) is 5.19. The lowest BCUT2D eigenvalue weighted by molar-refractivity contribution is 0.353. The standard InChI is InChI=1S/C13H18BrNO/c1-9(2)15-5-3-10-7-12(14)8-11-4-6-16-13(10)11/h7-9,15H,3-6H2,1-2H3. The van der Waals surface area contributed by atoms with Gasteiger partial charge in [-0.2, -0.15) is 0 Å². The van der Waals surface area contributed by atoms with E-state index in [9.17, 15) is 0 Å². The molecule has 0 atom stereocenters. The van der Waals surface area contributed by atoms with Crippen molar-refractivity contribution in [3.05, 3.63) is 27.7 Å². The van der Waals surface area contributed by atoms with E-state index in [-0.39, 0.29) is 0 Å². The topological polar surface area (TPSA) is 21.3 Å². The highest BCUT2D eigenvalue weighted by molar-refractivity contribution is 9.10. The molecule has 0 amide bonds. The number of ether oxygens (including phenoxy) is 1. The van der Waals surface area contributed by atoms with Crippen LogP contribution in [0.4, 0.5) is 0 Å². The van der Waals surface area contributed by atoms with Crippen molar-refractivity contribution in [3.63, 3.8) is 0 Å². The maximum absolute atomic E-state index is 5.69. The minimum absolute atomic E-state index is 0.543. The molecule has 0 unspecified atom stereocenters. The Bertz CT molecular complexity index is 376. The van der Waals surface area contributed by atoms with Crippen LogP contribution < -0.4 is 10.1 Å². The summed E-state index contributed by atoms with van der Waals surface area (Å²) in [6.07, 6.45) is 2.07. The number of rotatable bonds is 4. The fourth-order valence-electron chi connectivity index (χ4n) is 2.03. The minimum atomic E-state index is 0.543. The third kappa shape index (κ3) is 2.77. The van der Waals surface area contributed by atoms with E-state index in [0.29, 0.717) is 6.04 Å². The Kier molecular flexibility index (Phi) is 3.87. The first kappa shape index (κ1) is 11.9. The quantitative estimate of drug-likeness (QED) is 0.918. The van der Waals surface area contributed by atoms with E-state index in [1.807, 2.05) is 0 Å². The van der Waals surface area contributed by atoms with E-state index >= 15 is 0 Å². The van der Waals surface area contributed by atoms with Gasteiger partial charge in [-0.15, -0.1) is 0 Å². The van der Waals surface area contributed by atoms with Gasteiger partial charge in [0.05, 0.1) is 6.61 Å². The lowest BCUT2D eigenvalue weighted by Crippen LogP contribution is -2.25. The van der Waals surface area contributed by atoms with Crippen molar-refractivity contribution in [1.82, 2.24) is 5.32 Å². The van der Waals surface area contributed by atoms with Crippen molar-refractivity contribution < 1.29 is 4.74 Å². The molecule has 0 bridgehead atoms. The summed E-state index contributed by atoms with van der Waals surface area (Å²) in [6, 6.07) is 4.88. The SMILES string of the molecule is CC(C)NCCc1cc(Br)cc2c1OCC2. The van der Waals surface area contributed by atoms with Crippen LogP contribution in [0.1, 0.15) is 25.0 Å². The van der Waals surface area contributed by atoms with Crippen LogP contribution in [-0.4, -0.2) is 19.2 Å². The zero-order valence-electron chi connectivity index (χ0n) is 9.85. The highest BCUT2D eigenvalue weighted by Gasteiger charge is 2.16. The largest absolute Gasteiger partial charge is 0.493 e. The summed E-state index contributed by atoms with van der Waals surface area (Å²) in [4.78, 5) is 0. The van der Waals surface area contributed by atoms with E-state index in [4.69, 9.17) is 4.74 Å². The number of nitrogens with one attached hydrogen (secondary N) is 1. The monoisotopic (exact) mass is 283 g/mol. The Balaban J connectivity index is 2.08. The fourth-order valence-corrected chi connectivity index (χ4v) is 2.58. The Morgan fingerprint density at radius 1 is 1.44 bits per heavy atom. The molecule has 1 heterocycles. The molecule has 0 radical (unpaired) electrons. The van der Waals surface area contributed by atoms with E-state index in [0.717, 1.165) is 36.2 Å². The number of halogens is 1. The van der Waals surface area contributed by atoms with Gasteiger partial charge in [-0.1, -0.05) is 29.8 Å². The molecular weight excluding hydrogens is 266 g/mol. The van der Waals surface area contributed by atoms with Gasteiger partial charge in [0.2, 0.25) is 0 Å². The fraction of sp³-hybridized carbons (Fsp3) is 0.538. The van der Waals surface area contributed by atoms with E-state index in [2.05, 4.69) is 47.2 Å². The molecule has 0 aliphatic carbocycles. The molecule has 0 aromatic heterocycles. The average molecular weight is 284 g/mol. The van der Waals surface area contributed by atoms with Crippen LogP contribution in [0.15, 0.2) is 16.6 Å². The second-order valence-corrected chi connectivity index (χ2v) is 5.43. The zero-order valence-corrected chi connectivity index (χ0v) is 11.4. The first-order valence-electron chi connectivity index (χ1n) is 5.84. The lowest BCUT2D eigenvalue weighted by Gasteiger charge is -2.11. The number of hydrogen-bond donors (Lipinski definition) is 1. The third-order valence-corrected chi connectivity index (χ3v) is 3.23. The summed E-state index contributed by atoms with van der Waals surface area (Å²) >= 11 is 3.56. The normalized spacial score (nSPS) is 14.0. The second-order valence-electron chi connectivity index (χ2n) is 4.51. The maximum atomic E-state index is 5.69. The van der Waals surface area contributed by atoms with Crippen LogP contribution in [0.5, 0.6) is 5.75 Å². The maximum Gasteiger partial charge on any atom is 0.125 e. The van der Waals surface area contributed by atoms with E-state index in [1.165, 1.54) is 11.1 Å². The van der Waals surface area contributed by atoms with E-state index in [1.54, 1.807) is 0 Å². The van der Waals surface area contributed by atoms with Gasteiger partial charge in [0.1, 0.15) is 5.75 Å². The smallest absolute Gasteiger partial charge is 0.125 e. The van der Waals surface area contributed by atoms with Crippen molar-refractivity contribution in [3.8, 4) is 5.75 Å². The summed E-state index contributed by atoms with van der Waals surface area (Å²) in [6.45, 7) is 6.17. The van der Waals surface area contributed by atoms with E-state index < -0.39 is 0 Å². The van der Waals surface area contributed by atoms with Crippen molar-refractivity contribution in [2.45, 2.75) is 32.7 Å². The van der Waals surface area contributed by atoms with Gasteiger partial charge in [0.15, 0.2) is 0 Å². The molecule has 1 N–H and O–H groups in total. The molecule has 0 saturated carbocycles. The molecule has 2 nitrogen and oxygen atoms in total. The molecular formula is C13H18BrNO. The zero-order chi connectivity index (χ0) is 11.5. The van der Waals surface area contributed by atoms with Crippen molar-refractivity contribution in [2.75, 3.05) is 13.2 Å². The molecule has 3 heteroatoms. The predicted molar refractivity (Wildman–Crippen MR) is 70.2 cm³/mol. The lowest BCUT2D eigenvalue weighted by atomic mass is 10.1. The average Bonchev–Trinajstić information content (AvgIpc) is 2.64. The summed E-state index contributed by atoms with van der Waals surface area (Å²) in [7, 11) is 0. The van der Waals surface area contributed by atoms with Crippen LogP contribution in [-0.2, 0) is 12.8 Å². The van der Waals surface area contributed by atoms with Crippen LogP contribution in [0.25, 0.3) is 0 Å². The van der Waals surface area contributed by atoms with Crippen molar-refractivity contribution in [1.29, 1.82) is 0 Å². The Hall–Kier alpha value is -0.540. The highest BCUT2D eigenvalue weighted by atomic mass is 79.9. The summed E-state index contributed by atoms with van der Waals surface area (Å²) in [5.74, 6) is 1.12. The number of benzene rings is 1. The Morgan fingerprint density at radius 3 is 3.00 bits per heavy atom. The van der Waals surface area contributed by atoms with Crippen molar-refractivity contribution >= 4 is 15.9 Å². The van der Waals surface area contributed by atoms with Crippen LogP contribution in [0.2, 0.25) is 0 Å². The molecule has 1 aromatic carbocycles.